The van der Waals surface area contributed by atoms with Crippen molar-refractivity contribution < 1.29 is 4.79 Å². The second kappa shape index (κ2) is 9.86. The maximum absolute atomic E-state index is 12.4. The van der Waals surface area contributed by atoms with Crippen LogP contribution < -0.4 is 10.2 Å². The van der Waals surface area contributed by atoms with Crippen LogP contribution in [0.25, 0.3) is 0 Å². The lowest BCUT2D eigenvalue weighted by Gasteiger charge is -2.31. The molecule has 0 aromatic heterocycles. The van der Waals surface area contributed by atoms with Crippen LogP contribution in [0, 0.1) is 6.92 Å². The average Bonchev–Trinajstić information content (AvgIpc) is 2.78. The number of amides is 1. The van der Waals surface area contributed by atoms with Crippen molar-refractivity contribution in [1.82, 2.24) is 5.32 Å². The zero-order chi connectivity index (χ0) is 20.8. The molecule has 1 amide bonds. The molecule has 0 unspecified atom stereocenters. The molecule has 0 radical (unpaired) electrons. The van der Waals surface area contributed by atoms with Crippen molar-refractivity contribution in [2.75, 3.05) is 23.7 Å². The number of anilines is 1. The van der Waals surface area contributed by atoms with Gasteiger partial charge in [0.05, 0.1) is 0 Å². The van der Waals surface area contributed by atoms with Gasteiger partial charge in [0.1, 0.15) is 0 Å². The molecule has 0 bridgehead atoms. The van der Waals surface area contributed by atoms with Gasteiger partial charge in [-0.2, -0.15) is 0 Å². The minimum absolute atomic E-state index is 0.00521. The van der Waals surface area contributed by atoms with Gasteiger partial charge >= 0.3 is 0 Å². The normalized spacial score (nSPS) is 13.0. The number of fused-ring (bicyclic) bond motifs is 1. The van der Waals surface area contributed by atoms with Crippen LogP contribution in [0.1, 0.15) is 33.5 Å². The summed E-state index contributed by atoms with van der Waals surface area (Å²) < 4.78 is 0. The number of carbonyl (C=O) groups is 1. The highest BCUT2D eigenvalue weighted by Gasteiger charge is 2.16. The van der Waals surface area contributed by atoms with E-state index >= 15 is 0 Å². The first-order valence-electron chi connectivity index (χ1n) is 10.6. The Morgan fingerprint density at radius 3 is 2.57 bits per heavy atom. The molecule has 0 saturated heterocycles. The standard InChI is InChI=1S/C26H28N2OS/c1-20-8-14-24(15-9-20)30-18-16-27-26(29)23-12-10-21(11-13-23)19-28-17-4-6-22-5-2-3-7-25(22)28/h2-3,5,7-15H,4,6,16-19H2,1H3,(H,27,29). The number of nitrogens with zero attached hydrogens (tertiary/aromatic N) is 1. The molecular weight excluding hydrogens is 388 g/mol. The van der Waals surface area contributed by atoms with E-state index in [1.807, 2.05) is 12.1 Å². The van der Waals surface area contributed by atoms with Gasteiger partial charge in [0.2, 0.25) is 0 Å². The van der Waals surface area contributed by atoms with E-state index in [1.165, 1.54) is 33.7 Å². The molecule has 3 aromatic carbocycles. The molecule has 0 atom stereocenters. The third kappa shape index (κ3) is 5.25. The number of carbonyl (C=O) groups excluding carboxylic acids is 1. The second-order valence-corrected chi connectivity index (χ2v) is 8.94. The quantitative estimate of drug-likeness (QED) is 0.409. The second-order valence-electron chi connectivity index (χ2n) is 7.77. The molecule has 0 spiro atoms. The third-order valence-corrected chi connectivity index (χ3v) is 6.49. The Kier molecular flexibility index (Phi) is 6.75. The largest absolute Gasteiger partial charge is 0.367 e. The monoisotopic (exact) mass is 416 g/mol. The van der Waals surface area contributed by atoms with Crippen molar-refractivity contribution in [2.24, 2.45) is 0 Å². The van der Waals surface area contributed by atoms with Gasteiger partial charge in [-0.3, -0.25) is 4.79 Å². The van der Waals surface area contributed by atoms with Crippen molar-refractivity contribution in [1.29, 1.82) is 0 Å². The fourth-order valence-corrected chi connectivity index (χ4v) is 4.60. The fourth-order valence-electron chi connectivity index (χ4n) is 3.83. The van der Waals surface area contributed by atoms with E-state index < -0.39 is 0 Å². The van der Waals surface area contributed by atoms with Gasteiger partial charge in [-0.15, -0.1) is 11.8 Å². The first-order chi connectivity index (χ1) is 14.7. The van der Waals surface area contributed by atoms with E-state index in [0.717, 1.165) is 30.8 Å². The van der Waals surface area contributed by atoms with E-state index in [4.69, 9.17) is 0 Å². The minimum atomic E-state index is -0.00521. The summed E-state index contributed by atoms with van der Waals surface area (Å²) in [7, 11) is 0. The van der Waals surface area contributed by atoms with Crippen molar-refractivity contribution in [3.63, 3.8) is 0 Å². The lowest BCUT2D eigenvalue weighted by molar-refractivity contribution is 0.0956. The Morgan fingerprint density at radius 1 is 1.00 bits per heavy atom. The number of para-hydroxylation sites is 1. The molecular formula is C26H28N2OS. The van der Waals surface area contributed by atoms with E-state index in [1.54, 1.807) is 11.8 Å². The van der Waals surface area contributed by atoms with Crippen molar-refractivity contribution >= 4 is 23.4 Å². The predicted molar refractivity (Wildman–Crippen MR) is 126 cm³/mol. The highest BCUT2D eigenvalue weighted by Crippen LogP contribution is 2.28. The third-order valence-electron chi connectivity index (χ3n) is 5.47. The zero-order valence-electron chi connectivity index (χ0n) is 17.4. The highest BCUT2D eigenvalue weighted by molar-refractivity contribution is 7.99. The van der Waals surface area contributed by atoms with Crippen molar-refractivity contribution in [2.45, 2.75) is 31.2 Å². The molecule has 4 rings (SSSR count). The van der Waals surface area contributed by atoms with E-state index in [9.17, 15) is 4.79 Å². The molecule has 1 N–H and O–H groups in total. The van der Waals surface area contributed by atoms with E-state index in [2.05, 4.69) is 77.8 Å². The van der Waals surface area contributed by atoms with Gasteiger partial charge in [-0.1, -0.05) is 48.0 Å². The van der Waals surface area contributed by atoms with E-state index in [0.29, 0.717) is 6.54 Å². The summed E-state index contributed by atoms with van der Waals surface area (Å²) in [5, 5.41) is 3.02. The summed E-state index contributed by atoms with van der Waals surface area (Å²) in [5.41, 5.74) is 6.00. The highest BCUT2D eigenvalue weighted by atomic mass is 32.2. The SMILES string of the molecule is Cc1ccc(SCCNC(=O)c2ccc(CN3CCCc4ccccc43)cc2)cc1. The Morgan fingerprint density at radius 2 is 1.77 bits per heavy atom. The molecule has 30 heavy (non-hydrogen) atoms. The fraction of sp³-hybridized carbons (Fsp3) is 0.269. The van der Waals surface area contributed by atoms with Crippen LogP contribution in [0.4, 0.5) is 5.69 Å². The van der Waals surface area contributed by atoms with Gasteiger partial charge in [-0.05, 0) is 61.2 Å². The topological polar surface area (TPSA) is 32.3 Å². The molecule has 0 fully saturated rings. The molecule has 0 saturated carbocycles. The Hall–Kier alpha value is -2.72. The number of nitrogens with one attached hydrogen (secondary N) is 1. The number of thioether (sulfide) groups is 1. The summed E-state index contributed by atoms with van der Waals surface area (Å²) in [6, 6.07) is 25.2. The molecule has 3 aromatic rings. The number of hydrogen-bond donors (Lipinski definition) is 1. The van der Waals surface area contributed by atoms with Gasteiger partial charge in [0.25, 0.3) is 5.91 Å². The first-order valence-corrected chi connectivity index (χ1v) is 11.6. The number of rotatable bonds is 7. The number of benzene rings is 3. The number of hydrogen-bond acceptors (Lipinski definition) is 3. The van der Waals surface area contributed by atoms with Gasteiger partial charge in [0.15, 0.2) is 0 Å². The minimum Gasteiger partial charge on any atom is -0.367 e. The summed E-state index contributed by atoms with van der Waals surface area (Å²) in [5.74, 6) is 0.857. The summed E-state index contributed by atoms with van der Waals surface area (Å²) in [4.78, 5) is 16.1. The van der Waals surface area contributed by atoms with Crippen LogP contribution in [0.3, 0.4) is 0 Å². The summed E-state index contributed by atoms with van der Waals surface area (Å²) in [6.07, 6.45) is 2.35. The van der Waals surface area contributed by atoms with Crippen molar-refractivity contribution in [3.8, 4) is 0 Å². The van der Waals surface area contributed by atoms with Crippen LogP contribution in [-0.4, -0.2) is 24.7 Å². The van der Waals surface area contributed by atoms with Gasteiger partial charge in [0, 0.05) is 41.5 Å². The van der Waals surface area contributed by atoms with E-state index in [-0.39, 0.29) is 5.91 Å². The van der Waals surface area contributed by atoms with Gasteiger partial charge < -0.3 is 10.2 Å². The Balaban J connectivity index is 1.27. The van der Waals surface area contributed by atoms with Crippen LogP contribution >= 0.6 is 11.8 Å². The van der Waals surface area contributed by atoms with Crippen LogP contribution in [0.15, 0.2) is 77.7 Å². The molecule has 1 heterocycles. The molecule has 154 valence electrons. The number of aryl methyl sites for hydroxylation is 2. The lowest BCUT2D eigenvalue weighted by atomic mass is 10.0. The zero-order valence-corrected chi connectivity index (χ0v) is 18.3. The molecule has 0 aliphatic carbocycles. The summed E-state index contributed by atoms with van der Waals surface area (Å²) >= 11 is 1.76. The molecule has 1 aliphatic rings. The smallest absolute Gasteiger partial charge is 0.251 e. The van der Waals surface area contributed by atoms with Crippen molar-refractivity contribution in [3.05, 3.63) is 95.1 Å². The lowest BCUT2D eigenvalue weighted by Crippen LogP contribution is -2.29. The molecule has 3 nitrogen and oxygen atoms in total. The summed E-state index contributed by atoms with van der Waals surface area (Å²) in [6.45, 7) is 4.71. The average molecular weight is 417 g/mol. The Labute approximate surface area is 183 Å². The maximum Gasteiger partial charge on any atom is 0.251 e. The first kappa shape index (κ1) is 20.5. The Bertz CT molecular complexity index is 983. The molecule has 1 aliphatic heterocycles. The maximum atomic E-state index is 12.4. The van der Waals surface area contributed by atoms with Crippen LogP contribution in [0.2, 0.25) is 0 Å². The molecule has 4 heteroatoms. The predicted octanol–water partition coefficient (Wildman–Crippen LogP) is 5.47. The van der Waals surface area contributed by atoms with Crippen LogP contribution in [-0.2, 0) is 13.0 Å². The van der Waals surface area contributed by atoms with Gasteiger partial charge in [-0.25, -0.2) is 0 Å². The van der Waals surface area contributed by atoms with Crippen LogP contribution in [0.5, 0.6) is 0 Å².